The molecule has 0 aromatic heterocycles. The molecule has 0 aliphatic carbocycles. The first kappa shape index (κ1) is 15.0. The van der Waals surface area contributed by atoms with Gasteiger partial charge in [0.2, 0.25) is 5.91 Å². The predicted molar refractivity (Wildman–Crippen MR) is 70.8 cm³/mol. The highest BCUT2D eigenvalue weighted by atomic mass is 16.4. The molecule has 0 saturated heterocycles. The minimum Gasteiger partial charge on any atom is -0.508 e. The van der Waals surface area contributed by atoms with Crippen LogP contribution in [0.3, 0.4) is 0 Å². The minimum absolute atomic E-state index is 0.120. The maximum Gasteiger partial charge on any atom is 0.326 e. The summed E-state index contributed by atoms with van der Waals surface area (Å²) in [5.74, 6) is -1.27. The number of hydrogen-bond acceptors (Lipinski definition) is 3. The van der Waals surface area contributed by atoms with Crippen molar-refractivity contribution in [3.8, 4) is 5.75 Å². The number of phenolic OH excluding ortho intramolecular Hbond substituents is 1. The van der Waals surface area contributed by atoms with E-state index in [2.05, 4.69) is 5.32 Å². The van der Waals surface area contributed by atoms with Gasteiger partial charge in [-0.05, 0) is 17.7 Å². The van der Waals surface area contributed by atoms with Crippen molar-refractivity contribution in [2.75, 3.05) is 0 Å². The van der Waals surface area contributed by atoms with Crippen LogP contribution < -0.4 is 5.32 Å². The average Bonchev–Trinajstić information content (AvgIpc) is 2.29. The second-order valence-corrected chi connectivity index (χ2v) is 5.48. The quantitative estimate of drug-likeness (QED) is 0.771. The SMILES string of the molecule is CC(C)(C)C(=O)N[C@@H](Cc1ccc(O)cc1)C(=O)O. The summed E-state index contributed by atoms with van der Waals surface area (Å²) in [6.45, 7) is 5.17. The maximum absolute atomic E-state index is 11.8. The lowest BCUT2D eigenvalue weighted by atomic mass is 9.94. The van der Waals surface area contributed by atoms with Crippen LogP contribution in [0.15, 0.2) is 24.3 Å². The highest BCUT2D eigenvalue weighted by molar-refractivity contribution is 5.86. The van der Waals surface area contributed by atoms with E-state index >= 15 is 0 Å². The van der Waals surface area contributed by atoms with E-state index in [1.54, 1.807) is 32.9 Å². The summed E-state index contributed by atoms with van der Waals surface area (Å²) in [5.41, 5.74) is 0.0993. The second kappa shape index (κ2) is 5.73. The van der Waals surface area contributed by atoms with Gasteiger partial charge < -0.3 is 15.5 Å². The number of benzene rings is 1. The molecule has 1 aromatic rings. The zero-order chi connectivity index (χ0) is 14.6. The number of rotatable bonds is 4. The molecule has 0 heterocycles. The third-order valence-electron chi connectivity index (χ3n) is 2.66. The molecule has 0 spiro atoms. The van der Waals surface area contributed by atoms with Crippen molar-refractivity contribution in [3.05, 3.63) is 29.8 Å². The molecule has 3 N–H and O–H groups in total. The van der Waals surface area contributed by atoms with E-state index in [1.165, 1.54) is 12.1 Å². The number of phenols is 1. The van der Waals surface area contributed by atoms with Gasteiger partial charge in [-0.3, -0.25) is 4.79 Å². The largest absolute Gasteiger partial charge is 0.508 e. The maximum atomic E-state index is 11.8. The Bertz CT molecular complexity index is 459. The van der Waals surface area contributed by atoms with Crippen molar-refractivity contribution in [2.45, 2.75) is 33.2 Å². The zero-order valence-corrected chi connectivity index (χ0v) is 11.3. The number of carboxylic acid groups (broad SMARTS) is 1. The van der Waals surface area contributed by atoms with Gasteiger partial charge in [0.1, 0.15) is 11.8 Å². The molecule has 0 fully saturated rings. The summed E-state index contributed by atoms with van der Waals surface area (Å²) in [4.78, 5) is 23.0. The lowest BCUT2D eigenvalue weighted by molar-refractivity contribution is -0.143. The number of aromatic hydroxyl groups is 1. The van der Waals surface area contributed by atoms with E-state index in [9.17, 15) is 9.59 Å². The second-order valence-electron chi connectivity index (χ2n) is 5.48. The Balaban J connectivity index is 2.77. The normalized spacial score (nSPS) is 12.8. The fourth-order valence-corrected chi connectivity index (χ4v) is 1.44. The molecule has 0 unspecified atom stereocenters. The smallest absolute Gasteiger partial charge is 0.326 e. The molecule has 1 atom stereocenters. The summed E-state index contributed by atoms with van der Waals surface area (Å²) < 4.78 is 0. The summed E-state index contributed by atoms with van der Waals surface area (Å²) in [5, 5.41) is 20.8. The summed E-state index contributed by atoms with van der Waals surface area (Å²) in [6.07, 6.45) is 0.178. The van der Waals surface area contributed by atoms with Gasteiger partial charge in [-0.2, -0.15) is 0 Å². The zero-order valence-electron chi connectivity index (χ0n) is 11.3. The third-order valence-corrected chi connectivity index (χ3v) is 2.66. The van der Waals surface area contributed by atoms with E-state index in [0.717, 1.165) is 5.56 Å². The van der Waals surface area contributed by atoms with E-state index < -0.39 is 17.4 Å². The molecular weight excluding hydrogens is 246 g/mol. The Kier molecular flexibility index (Phi) is 4.53. The minimum atomic E-state index is -1.08. The van der Waals surface area contributed by atoms with Gasteiger partial charge >= 0.3 is 5.97 Å². The number of hydrogen-bond donors (Lipinski definition) is 3. The van der Waals surface area contributed by atoms with Crippen LogP contribution in [0.25, 0.3) is 0 Å². The van der Waals surface area contributed by atoms with Crippen LogP contribution in [0.4, 0.5) is 0 Å². The molecule has 1 rings (SSSR count). The van der Waals surface area contributed by atoms with E-state index in [1.807, 2.05) is 0 Å². The molecule has 0 aliphatic heterocycles. The van der Waals surface area contributed by atoms with Gasteiger partial charge in [0.25, 0.3) is 0 Å². The van der Waals surface area contributed by atoms with Crippen LogP contribution in [-0.2, 0) is 16.0 Å². The van der Waals surface area contributed by atoms with Crippen molar-refractivity contribution in [1.29, 1.82) is 0 Å². The van der Waals surface area contributed by atoms with Crippen LogP contribution in [0.5, 0.6) is 5.75 Å². The van der Waals surface area contributed by atoms with Gasteiger partial charge in [-0.25, -0.2) is 4.79 Å². The van der Waals surface area contributed by atoms with Crippen molar-refractivity contribution >= 4 is 11.9 Å². The lowest BCUT2D eigenvalue weighted by Gasteiger charge is -2.22. The molecule has 1 aromatic carbocycles. The summed E-state index contributed by atoms with van der Waals surface area (Å²) >= 11 is 0. The molecule has 5 heteroatoms. The Morgan fingerprint density at radius 2 is 1.74 bits per heavy atom. The monoisotopic (exact) mass is 265 g/mol. The molecule has 5 nitrogen and oxygen atoms in total. The van der Waals surface area contributed by atoms with E-state index in [-0.39, 0.29) is 18.1 Å². The highest BCUT2D eigenvalue weighted by Gasteiger charge is 2.27. The number of aliphatic carboxylic acids is 1. The first-order valence-electron chi connectivity index (χ1n) is 6.02. The Morgan fingerprint density at radius 3 is 2.16 bits per heavy atom. The predicted octanol–water partition coefficient (Wildman–Crippen LogP) is 1.55. The third kappa shape index (κ3) is 4.62. The first-order chi connectivity index (χ1) is 8.70. The number of carbonyl (C=O) groups excluding carboxylic acids is 1. The Labute approximate surface area is 112 Å². The van der Waals surface area contributed by atoms with E-state index in [4.69, 9.17) is 10.2 Å². The Hall–Kier alpha value is -2.04. The standard InChI is InChI=1S/C14H19NO4/c1-14(2,3)13(19)15-11(12(17)18)8-9-4-6-10(16)7-5-9/h4-7,11,16H,8H2,1-3H3,(H,15,19)(H,17,18)/t11-/m0/s1. The summed E-state index contributed by atoms with van der Waals surface area (Å²) in [7, 11) is 0. The highest BCUT2D eigenvalue weighted by Crippen LogP contribution is 2.15. The fraction of sp³-hybridized carbons (Fsp3) is 0.429. The van der Waals surface area contributed by atoms with Crippen molar-refractivity contribution in [3.63, 3.8) is 0 Å². The summed E-state index contributed by atoms with van der Waals surface area (Å²) in [6, 6.07) is 5.26. The Morgan fingerprint density at radius 1 is 1.21 bits per heavy atom. The van der Waals surface area contributed by atoms with Crippen molar-refractivity contribution in [1.82, 2.24) is 5.32 Å². The topological polar surface area (TPSA) is 86.6 Å². The number of nitrogens with one attached hydrogen (secondary N) is 1. The molecule has 0 bridgehead atoms. The van der Waals surface area contributed by atoms with Crippen molar-refractivity contribution < 1.29 is 19.8 Å². The van der Waals surface area contributed by atoms with Crippen molar-refractivity contribution in [2.24, 2.45) is 5.41 Å². The van der Waals surface area contributed by atoms with E-state index in [0.29, 0.717) is 0 Å². The van der Waals surface area contributed by atoms with Crippen LogP contribution >= 0.6 is 0 Å². The molecular formula is C14H19NO4. The van der Waals surface area contributed by atoms with Gasteiger partial charge in [-0.15, -0.1) is 0 Å². The van der Waals surface area contributed by atoms with Gasteiger partial charge in [0.05, 0.1) is 0 Å². The number of carbonyl (C=O) groups is 2. The molecule has 0 radical (unpaired) electrons. The number of carboxylic acids is 1. The van der Waals surface area contributed by atoms with Gasteiger partial charge in [-0.1, -0.05) is 32.9 Å². The molecule has 0 aliphatic rings. The lowest BCUT2D eigenvalue weighted by Crippen LogP contribution is -2.46. The number of amides is 1. The van der Waals surface area contributed by atoms with Gasteiger partial charge in [0, 0.05) is 11.8 Å². The molecule has 19 heavy (non-hydrogen) atoms. The molecule has 0 saturated carbocycles. The molecule has 104 valence electrons. The fourth-order valence-electron chi connectivity index (χ4n) is 1.44. The van der Waals surface area contributed by atoms with Crippen LogP contribution in [-0.4, -0.2) is 28.1 Å². The van der Waals surface area contributed by atoms with Crippen LogP contribution in [0.2, 0.25) is 0 Å². The van der Waals surface area contributed by atoms with Crippen LogP contribution in [0.1, 0.15) is 26.3 Å². The molecule has 1 amide bonds. The first-order valence-corrected chi connectivity index (χ1v) is 6.02. The van der Waals surface area contributed by atoms with Gasteiger partial charge in [0.15, 0.2) is 0 Å². The van der Waals surface area contributed by atoms with Crippen LogP contribution in [0, 0.1) is 5.41 Å². The average molecular weight is 265 g/mol.